The Hall–Kier alpha value is -2.60. The maximum Gasteiger partial charge on any atom is 0.254 e. The Morgan fingerprint density at radius 3 is 2.21 bits per heavy atom. The summed E-state index contributed by atoms with van der Waals surface area (Å²) in [5, 5.41) is 1.87. The van der Waals surface area contributed by atoms with Crippen molar-refractivity contribution in [1.29, 1.82) is 0 Å². The number of likely N-dealkylation sites (tertiary alicyclic amines) is 1. The van der Waals surface area contributed by atoms with E-state index in [0.29, 0.717) is 25.2 Å². The van der Waals surface area contributed by atoms with Gasteiger partial charge in [-0.2, -0.15) is 0 Å². The Balaban J connectivity index is 1.39. The molecule has 2 saturated heterocycles. The van der Waals surface area contributed by atoms with E-state index in [2.05, 4.69) is 4.90 Å². The molecule has 0 unspecified atom stereocenters. The highest BCUT2D eigenvalue weighted by atomic mass is 16.5. The van der Waals surface area contributed by atoms with Gasteiger partial charge in [-0.15, -0.1) is 0 Å². The van der Waals surface area contributed by atoms with Crippen molar-refractivity contribution in [2.75, 3.05) is 52.9 Å². The Bertz CT molecular complexity index is 884. The summed E-state index contributed by atoms with van der Waals surface area (Å²) in [6.07, 6.45) is 3.46. The molecule has 6 nitrogen and oxygen atoms in total. The van der Waals surface area contributed by atoms with Gasteiger partial charge >= 0.3 is 0 Å². The quantitative estimate of drug-likeness (QED) is 0.799. The van der Waals surface area contributed by atoms with Crippen LogP contribution in [-0.4, -0.2) is 79.4 Å². The lowest BCUT2D eigenvalue weighted by atomic mass is 10.0. The summed E-state index contributed by atoms with van der Waals surface area (Å²) in [4.78, 5) is 31.7. The molecule has 0 saturated carbocycles. The second-order valence-electron chi connectivity index (χ2n) is 7.87. The highest BCUT2D eigenvalue weighted by Gasteiger charge is 2.26. The molecule has 0 aliphatic carbocycles. The molecule has 2 aromatic rings. The normalized spacial score (nSPS) is 18.1. The summed E-state index contributed by atoms with van der Waals surface area (Å²) in [5.74, 6) is 1.05. The van der Waals surface area contributed by atoms with Crippen LogP contribution in [0.5, 0.6) is 5.75 Å². The first-order valence-electron chi connectivity index (χ1n) is 10.5. The van der Waals surface area contributed by atoms with E-state index in [4.69, 9.17) is 4.74 Å². The van der Waals surface area contributed by atoms with Crippen LogP contribution in [0.25, 0.3) is 10.8 Å². The molecule has 29 heavy (non-hydrogen) atoms. The number of rotatable bonds is 4. The van der Waals surface area contributed by atoms with Crippen molar-refractivity contribution in [2.45, 2.75) is 19.3 Å². The molecule has 2 aromatic carbocycles. The third kappa shape index (κ3) is 4.22. The number of ether oxygens (including phenoxy) is 1. The first-order chi connectivity index (χ1) is 14.2. The van der Waals surface area contributed by atoms with Gasteiger partial charge in [0.15, 0.2) is 0 Å². The van der Waals surface area contributed by atoms with Crippen LogP contribution >= 0.6 is 0 Å². The van der Waals surface area contributed by atoms with Crippen LogP contribution in [0.1, 0.15) is 29.6 Å². The van der Waals surface area contributed by atoms with E-state index in [1.54, 1.807) is 7.11 Å². The average molecular weight is 396 g/mol. The van der Waals surface area contributed by atoms with Gasteiger partial charge in [-0.05, 0) is 36.8 Å². The Morgan fingerprint density at radius 1 is 0.828 bits per heavy atom. The molecular weight excluding hydrogens is 366 g/mol. The van der Waals surface area contributed by atoms with Gasteiger partial charge in [-0.25, -0.2) is 0 Å². The lowest BCUT2D eigenvalue weighted by Crippen LogP contribution is -2.52. The van der Waals surface area contributed by atoms with Crippen LogP contribution in [0.3, 0.4) is 0 Å². The van der Waals surface area contributed by atoms with Gasteiger partial charge < -0.3 is 14.5 Å². The van der Waals surface area contributed by atoms with E-state index in [-0.39, 0.29) is 11.8 Å². The largest absolute Gasteiger partial charge is 0.496 e. The Labute approximate surface area is 172 Å². The molecule has 0 spiro atoms. The lowest BCUT2D eigenvalue weighted by molar-refractivity contribution is -0.133. The zero-order valence-corrected chi connectivity index (χ0v) is 17.1. The molecule has 0 radical (unpaired) electrons. The minimum atomic E-state index is 0.0471. The average Bonchev–Trinajstić information content (AvgIpc) is 2.79. The number of carbonyl (C=O) groups is 2. The van der Waals surface area contributed by atoms with Crippen molar-refractivity contribution < 1.29 is 14.3 Å². The number of fused-ring (bicyclic) bond motifs is 1. The highest BCUT2D eigenvalue weighted by molar-refractivity contribution is 6.08. The van der Waals surface area contributed by atoms with E-state index in [0.717, 1.165) is 55.5 Å². The number of methoxy groups -OCH3 is 1. The summed E-state index contributed by atoms with van der Waals surface area (Å²) in [5.41, 5.74) is 0.708. The van der Waals surface area contributed by atoms with Gasteiger partial charge in [-0.3, -0.25) is 14.5 Å². The second kappa shape index (κ2) is 8.82. The monoisotopic (exact) mass is 395 g/mol. The summed E-state index contributed by atoms with van der Waals surface area (Å²) in [6.45, 7) is 5.01. The molecular formula is C23H29N3O3. The van der Waals surface area contributed by atoms with Gasteiger partial charge in [0.1, 0.15) is 5.75 Å². The first kappa shape index (κ1) is 19.7. The number of hydrogen-bond acceptors (Lipinski definition) is 4. The van der Waals surface area contributed by atoms with Crippen molar-refractivity contribution in [3.8, 4) is 5.75 Å². The fraction of sp³-hybridized carbons (Fsp3) is 0.478. The van der Waals surface area contributed by atoms with E-state index >= 15 is 0 Å². The molecule has 0 atom stereocenters. The molecule has 4 rings (SSSR count). The van der Waals surface area contributed by atoms with Gasteiger partial charge in [0.25, 0.3) is 5.91 Å². The SMILES string of the molecule is COc1ccc(C(=O)N2CCN(CC(=O)N3CCCCC3)CC2)c2ccccc12. The predicted octanol–water partition coefficient (Wildman–Crippen LogP) is 2.62. The smallest absolute Gasteiger partial charge is 0.254 e. The summed E-state index contributed by atoms with van der Waals surface area (Å²) >= 11 is 0. The van der Waals surface area contributed by atoms with Crippen molar-refractivity contribution in [3.63, 3.8) is 0 Å². The fourth-order valence-electron chi connectivity index (χ4n) is 4.35. The molecule has 2 heterocycles. The highest BCUT2D eigenvalue weighted by Crippen LogP contribution is 2.29. The molecule has 0 aromatic heterocycles. The molecule has 2 fully saturated rings. The topological polar surface area (TPSA) is 53.1 Å². The maximum atomic E-state index is 13.2. The Kier molecular flexibility index (Phi) is 6.00. The number of benzene rings is 2. The molecule has 0 bridgehead atoms. The van der Waals surface area contributed by atoms with Crippen LogP contribution in [0.4, 0.5) is 0 Å². The van der Waals surface area contributed by atoms with Crippen molar-refractivity contribution in [1.82, 2.24) is 14.7 Å². The van der Waals surface area contributed by atoms with Crippen molar-refractivity contribution >= 4 is 22.6 Å². The van der Waals surface area contributed by atoms with Crippen LogP contribution in [0, 0.1) is 0 Å². The van der Waals surface area contributed by atoms with Crippen molar-refractivity contribution in [2.24, 2.45) is 0 Å². The maximum absolute atomic E-state index is 13.2. The molecule has 0 N–H and O–H groups in total. The third-order valence-electron chi connectivity index (χ3n) is 6.06. The van der Waals surface area contributed by atoms with Gasteiger partial charge in [0.2, 0.25) is 5.91 Å². The molecule has 2 amide bonds. The molecule has 154 valence electrons. The number of piperazine rings is 1. The zero-order chi connectivity index (χ0) is 20.2. The van der Waals surface area contributed by atoms with Crippen LogP contribution in [-0.2, 0) is 4.79 Å². The summed E-state index contributed by atoms with van der Waals surface area (Å²) in [6, 6.07) is 11.6. The standard InChI is InChI=1S/C23H29N3O3/c1-29-21-10-9-20(18-7-3-4-8-19(18)21)23(28)26-15-13-24(14-16-26)17-22(27)25-11-5-2-6-12-25/h3-4,7-10H,2,5-6,11-17H2,1H3. The van der Waals surface area contributed by atoms with Gasteiger partial charge in [-0.1, -0.05) is 24.3 Å². The number of nitrogens with zero attached hydrogens (tertiary/aromatic N) is 3. The second-order valence-corrected chi connectivity index (χ2v) is 7.87. The van der Waals surface area contributed by atoms with E-state index in [1.807, 2.05) is 46.2 Å². The van der Waals surface area contributed by atoms with E-state index < -0.39 is 0 Å². The van der Waals surface area contributed by atoms with Gasteiger partial charge in [0.05, 0.1) is 13.7 Å². The van der Waals surface area contributed by atoms with Crippen LogP contribution in [0.15, 0.2) is 36.4 Å². The lowest BCUT2D eigenvalue weighted by Gasteiger charge is -2.36. The van der Waals surface area contributed by atoms with E-state index in [9.17, 15) is 9.59 Å². The molecule has 6 heteroatoms. The predicted molar refractivity (Wildman–Crippen MR) is 113 cm³/mol. The van der Waals surface area contributed by atoms with E-state index in [1.165, 1.54) is 6.42 Å². The fourth-order valence-corrected chi connectivity index (χ4v) is 4.35. The minimum absolute atomic E-state index is 0.0471. The van der Waals surface area contributed by atoms with Crippen LogP contribution < -0.4 is 4.74 Å². The Morgan fingerprint density at radius 2 is 1.52 bits per heavy atom. The molecule has 2 aliphatic heterocycles. The number of piperidine rings is 1. The zero-order valence-electron chi connectivity index (χ0n) is 17.1. The summed E-state index contributed by atoms with van der Waals surface area (Å²) < 4.78 is 5.44. The number of hydrogen-bond donors (Lipinski definition) is 0. The first-order valence-corrected chi connectivity index (χ1v) is 10.5. The number of carbonyl (C=O) groups excluding carboxylic acids is 2. The number of amides is 2. The molecule has 2 aliphatic rings. The van der Waals surface area contributed by atoms with Crippen molar-refractivity contribution in [3.05, 3.63) is 42.0 Å². The minimum Gasteiger partial charge on any atom is -0.496 e. The van der Waals surface area contributed by atoms with Crippen LogP contribution in [0.2, 0.25) is 0 Å². The third-order valence-corrected chi connectivity index (χ3v) is 6.06. The van der Waals surface area contributed by atoms with Gasteiger partial charge in [0, 0.05) is 50.2 Å². The summed E-state index contributed by atoms with van der Waals surface area (Å²) in [7, 11) is 1.65.